The van der Waals surface area contributed by atoms with Crippen LogP contribution in [0.4, 0.5) is 11.4 Å². The Hall–Kier alpha value is -3.45. The Morgan fingerprint density at radius 1 is 1.14 bits per heavy atom. The average molecular weight is 380 g/mol. The molecule has 0 radical (unpaired) electrons. The van der Waals surface area contributed by atoms with Crippen molar-refractivity contribution >= 4 is 17.3 Å². The zero-order chi connectivity index (χ0) is 20.1. The molecule has 1 aromatic heterocycles. The molecule has 3 N–H and O–H groups in total. The van der Waals surface area contributed by atoms with Crippen LogP contribution in [0.2, 0.25) is 0 Å². The van der Waals surface area contributed by atoms with Crippen molar-refractivity contribution in [3.05, 3.63) is 93.4 Å². The topological polar surface area (TPSA) is 102 Å². The molecule has 0 aliphatic rings. The van der Waals surface area contributed by atoms with E-state index < -0.39 is 4.92 Å². The molecule has 0 fully saturated rings. The molecule has 0 aliphatic carbocycles. The molecule has 0 spiro atoms. The molecule has 3 aromatic rings. The lowest BCUT2D eigenvalue weighted by Gasteiger charge is -2.14. The molecule has 1 heterocycles. The number of aryl methyl sites for hydroxylation is 2. The summed E-state index contributed by atoms with van der Waals surface area (Å²) in [6.45, 7) is 3.74. The summed E-state index contributed by atoms with van der Waals surface area (Å²) in [7, 11) is 0. The third-order valence-corrected chi connectivity index (χ3v) is 4.63. The van der Waals surface area contributed by atoms with Crippen LogP contribution in [-0.2, 0) is 4.79 Å². The third-order valence-electron chi connectivity index (χ3n) is 4.63. The summed E-state index contributed by atoms with van der Waals surface area (Å²) in [6, 6.07) is 16.3. The van der Waals surface area contributed by atoms with Gasteiger partial charge in [-0.05, 0) is 43.2 Å². The Bertz CT molecular complexity index is 969. The number of nitrogens with zero attached hydrogens (tertiary/aromatic N) is 1. The van der Waals surface area contributed by atoms with Crippen LogP contribution in [0, 0.1) is 24.0 Å². The molecule has 3 rings (SSSR count). The van der Waals surface area contributed by atoms with Crippen molar-refractivity contribution in [3.8, 4) is 0 Å². The normalized spacial score (nSPS) is 11.8. The van der Waals surface area contributed by atoms with E-state index in [0.29, 0.717) is 0 Å². The highest BCUT2D eigenvalue weighted by Crippen LogP contribution is 2.27. The highest BCUT2D eigenvalue weighted by molar-refractivity contribution is 5.94. The van der Waals surface area contributed by atoms with Gasteiger partial charge in [-0.1, -0.05) is 30.3 Å². The Balaban J connectivity index is 1.74. The van der Waals surface area contributed by atoms with E-state index >= 15 is 0 Å². The lowest BCUT2D eigenvalue weighted by molar-refractivity contribution is -0.678. The average Bonchev–Trinajstić information content (AvgIpc) is 3.20. The van der Waals surface area contributed by atoms with Crippen molar-refractivity contribution in [2.45, 2.75) is 19.9 Å². The summed E-state index contributed by atoms with van der Waals surface area (Å²) < 4.78 is 5.53. The van der Waals surface area contributed by atoms with Crippen LogP contribution in [0.15, 0.2) is 65.3 Å². The number of nitro groups is 1. The van der Waals surface area contributed by atoms with Gasteiger partial charge >= 0.3 is 0 Å². The van der Waals surface area contributed by atoms with Crippen molar-refractivity contribution < 1.29 is 19.5 Å². The van der Waals surface area contributed by atoms with Crippen molar-refractivity contribution in [2.24, 2.45) is 0 Å². The highest BCUT2D eigenvalue weighted by atomic mass is 16.6. The fourth-order valence-electron chi connectivity index (χ4n) is 3.02. The number of benzene rings is 2. The van der Waals surface area contributed by atoms with Crippen LogP contribution < -0.4 is 10.6 Å². The van der Waals surface area contributed by atoms with E-state index in [0.717, 1.165) is 22.5 Å². The number of hydrogen-bond acceptors (Lipinski definition) is 4. The smallest absolute Gasteiger partial charge is 0.293 e. The van der Waals surface area contributed by atoms with Crippen molar-refractivity contribution in [2.75, 3.05) is 11.9 Å². The lowest BCUT2D eigenvalue weighted by atomic mass is 10.0. The van der Waals surface area contributed by atoms with Gasteiger partial charge in [0.05, 0.1) is 11.2 Å². The Labute approximate surface area is 162 Å². The fraction of sp³-hybridized carbons (Fsp3) is 0.190. The summed E-state index contributed by atoms with van der Waals surface area (Å²) >= 11 is 0. The van der Waals surface area contributed by atoms with Crippen molar-refractivity contribution in [3.63, 3.8) is 0 Å². The molecule has 144 valence electrons. The number of carbonyl (C=O) groups excluding carboxylic acids is 1. The van der Waals surface area contributed by atoms with Crippen LogP contribution in [0.5, 0.6) is 0 Å². The second-order valence-corrected chi connectivity index (χ2v) is 6.60. The monoisotopic (exact) mass is 380 g/mol. The van der Waals surface area contributed by atoms with Gasteiger partial charge in [-0.2, -0.15) is 0 Å². The molecule has 0 saturated heterocycles. The summed E-state index contributed by atoms with van der Waals surface area (Å²) in [5.41, 5.74) is 2.78. The van der Waals surface area contributed by atoms with Gasteiger partial charge in [-0.3, -0.25) is 14.9 Å². The van der Waals surface area contributed by atoms with E-state index in [1.807, 2.05) is 48.6 Å². The van der Waals surface area contributed by atoms with Gasteiger partial charge in [0.15, 0.2) is 18.3 Å². The van der Waals surface area contributed by atoms with Gasteiger partial charge in [-0.25, -0.2) is 0 Å². The third kappa shape index (κ3) is 4.44. The van der Waals surface area contributed by atoms with Gasteiger partial charge in [0.1, 0.15) is 5.69 Å². The van der Waals surface area contributed by atoms with Crippen molar-refractivity contribution in [1.82, 2.24) is 0 Å². The Morgan fingerprint density at radius 3 is 2.50 bits per heavy atom. The van der Waals surface area contributed by atoms with Gasteiger partial charge in [0.25, 0.3) is 11.6 Å². The second-order valence-electron chi connectivity index (χ2n) is 6.60. The number of carbonyl (C=O) groups is 1. The fourth-order valence-corrected chi connectivity index (χ4v) is 3.02. The largest absolute Gasteiger partial charge is 0.463 e. The number of nitro benzene ring substituents is 1. The number of furan rings is 1. The van der Waals surface area contributed by atoms with E-state index in [2.05, 4.69) is 5.32 Å². The Kier molecular flexibility index (Phi) is 5.86. The standard InChI is InChI=1S/C21H21N3O4/c1-14-11-17(18(24(26)27)12-15(14)2)23-20(25)13-22-21(19-9-6-10-28-19)16-7-4-3-5-8-16/h3-12,21-22H,13H2,1-2H3,(H,23,25)/p+1/t21-/m0/s1. The van der Waals surface area contributed by atoms with E-state index in [4.69, 9.17) is 4.42 Å². The molecule has 7 heteroatoms. The van der Waals surface area contributed by atoms with E-state index in [1.165, 1.54) is 6.07 Å². The highest BCUT2D eigenvalue weighted by Gasteiger charge is 2.23. The molecule has 0 saturated carbocycles. The molecule has 0 bridgehead atoms. The number of rotatable bonds is 7. The first-order chi connectivity index (χ1) is 13.5. The molecular weight excluding hydrogens is 358 g/mol. The zero-order valence-electron chi connectivity index (χ0n) is 15.7. The maximum atomic E-state index is 12.5. The van der Waals surface area contributed by atoms with E-state index in [1.54, 1.807) is 25.3 Å². The molecule has 1 amide bonds. The van der Waals surface area contributed by atoms with Gasteiger partial charge in [0.2, 0.25) is 0 Å². The first-order valence-corrected chi connectivity index (χ1v) is 8.93. The number of amides is 1. The van der Waals surface area contributed by atoms with Crippen molar-refractivity contribution in [1.29, 1.82) is 0 Å². The molecule has 28 heavy (non-hydrogen) atoms. The zero-order valence-corrected chi connectivity index (χ0v) is 15.7. The minimum atomic E-state index is -0.485. The maximum absolute atomic E-state index is 12.5. The van der Waals surface area contributed by atoms with Crippen LogP contribution in [0.25, 0.3) is 0 Å². The Morgan fingerprint density at radius 2 is 1.86 bits per heavy atom. The quantitative estimate of drug-likeness (QED) is 0.486. The summed E-state index contributed by atoms with van der Waals surface area (Å²) in [5, 5.41) is 15.8. The van der Waals surface area contributed by atoms with Crippen LogP contribution in [0.3, 0.4) is 0 Å². The number of nitrogens with one attached hydrogen (secondary N) is 1. The van der Waals surface area contributed by atoms with Gasteiger partial charge in [0, 0.05) is 11.6 Å². The summed E-state index contributed by atoms with van der Waals surface area (Å²) in [6.07, 6.45) is 1.59. The van der Waals surface area contributed by atoms with E-state index in [9.17, 15) is 14.9 Å². The molecule has 7 nitrogen and oxygen atoms in total. The van der Waals surface area contributed by atoms with Crippen LogP contribution in [0.1, 0.15) is 28.5 Å². The van der Waals surface area contributed by atoms with Crippen LogP contribution in [-0.4, -0.2) is 17.4 Å². The number of anilines is 1. The van der Waals surface area contributed by atoms with Gasteiger partial charge in [-0.15, -0.1) is 0 Å². The number of quaternary nitrogens is 1. The number of hydrogen-bond donors (Lipinski definition) is 2. The second kappa shape index (κ2) is 8.49. The minimum absolute atomic E-state index is 0.0876. The molecule has 1 atom stereocenters. The predicted molar refractivity (Wildman–Crippen MR) is 105 cm³/mol. The first-order valence-electron chi connectivity index (χ1n) is 8.93. The summed E-state index contributed by atoms with van der Waals surface area (Å²) in [5.74, 6) is 0.412. The molecule has 2 aromatic carbocycles. The number of nitrogens with two attached hydrogens (primary N) is 1. The lowest BCUT2D eigenvalue weighted by Crippen LogP contribution is -2.87. The molecule has 0 unspecified atom stereocenters. The first kappa shape index (κ1) is 19.3. The predicted octanol–water partition coefficient (Wildman–Crippen LogP) is 3.10. The molecular formula is C21H22N3O4+. The minimum Gasteiger partial charge on any atom is -0.463 e. The van der Waals surface area contributed by atoms with Crippen LogP contribution >= 0.6 is 0 Å². The van der Waals surface area contributed by atoms with E-state index in [-0.39, 0.29) is 29.9 Å². The summed E-state index contributed by atoms with van der Waals surface area (Å²) in [4.78, 5) is 23.3. The van der Waals surface area contributed by atoms with Gasteiger partial charge < -0.3 is 15.1 Å². The molecule has 0 aliphatic heterocycles. The maximum Gasteiger partial charge on any atom is 0.293 e. The SMILES string of the molecule is Cc1cc(NC(=O)C[NH2+][C@@H](c2ccccc2)c2ccco2)c([N+](=O)[O-])cc1C.